The van der Waals surface area contributed by atoms with Crippen molar-refractivity contribution in [1.29, 1.82) is 0 Å². The zero-order valence-corrected chi connectivity index (χ0v) is 12.2. The summed E-state index contributed by atoms with van der Waals surface area (Å²) in [4.78, 5) is 0. The van der Waals surface area contributed by atoms with E-state index in [1.807, 2.05) is 31.2 Å². The number of hydrogen-bond donors (Lipinski definition) is 1. The van der Waals surface area contributed by atoms with Gasteiger partial charge < -0.3 is 15.2 Å². The van der Waals surface area contributed by atoms with Gasteiger partial charge in [-0.05, 0) is 43.7 Å². The molecule has 0 saturated heterocycles. The molecule has 1 fully saturated rings. The molecule has 106 valence electrons. The fourth-order valence-electron chi connectivity index (χ4n) is 2.72. The van der Waals surface area contributed by atoms with E-state index in [1.165, 1.54) is 12.8 Å². The SMILES string of the molecule is CCOc1cccc(OC2CCCC(C)(C)C2N)c1. The van der Waals surface area contributed by atoms with E-state index in [0.29, 0.717) is 6.61 Å². The van der Waals surface area contributed by atoms with E-state index in [0.717, 1.165) is 17.9 Å². The van der Waals surface area contributed by atoms with Crippen LogP contribution in [-0.4, -0.2) is 18.8 Å². The fourth-order valence-corrected chi connectivity index (χ4v) is 2.72. The fraction of sp³-hybridized carbons (Fsp3) is 0.625. The van der Waals surface area contributed by atoms with Gasteiger partial charge in [-0.15, -0.1) is 0 Å². The summed E-state index contributed by atoms with van der Waals surface area (Å²) in [5.74, 6) is 1.70. The zero-order chi connectivity index (χ0) is 13.9. The van der Waals surface area contributed by atoms with Crippen molar-refractivity contribution in [1.82, 2.24) is 0 Å². The smallest absolute Gasteiger partial charge is 0.123 e. The Hall–Kier alpha value is -1.22. The topological polar surface area (TPSA) is 44.5 Å². The molecule has 0 heterocycles. The van der Waals surface area contributed by atoms with Crippen LogP contribution in [0.25, 0.3) is 0 Å². The van der Waals surface area contributed by atoms with Gasteiger partial charge in [0.15, 0.2) is 0 Å². The highest BCUT2D eigenvalue weighted by molar-refractivity contribution is 5.33. The lowest BCUT2D eigenvalue weighted by atomic mass is 9.72. The predicted octanol–water partition coefficient (Wildman–Crippen LogP) is 3.37. The Morgan fingerprint density at radius 2 is 2.05 bits per heavy atom. The minimum Gasteiger partial charge on any atom is -0.494 e. The van der Waals surface area contributed by atoms with Gasteiger partial charge in [-0.3, -0.25) is 0 Å². The first-order valence-electron chi connectivity index (χ1n) is 7.18. The highest BCUT2D eigenvalue weighted by atomic mass is 16.5. The van der Waals surface area contributed by atoms with E-state index in [9.17, 15) is 0 Å². The lowest BCUT2D eigenvalue weighted by Gasteiger charge is -2.41. The average molecular weight is 263 g/mol. The van der Waals surface area contributed by atoms with Crippen molar-refractivity contribution < 1.29 is 9.47 Å². The van der Waals surface area contributed by atoms with Gasteiger partial charge in [0.05, 0.1) is 6.61 Å². The largest absolute Gasteiger partial charge is 0.494 e. The molecule has 1 saturated carbocycles. The lowest BCUT2D eigenvalue weighted by molar-refractivity contribution is 0.0566. The number of ether oxygens (including phenoxy) is 2. The molecule has 0 spiro atoms. The van der Waals surface area contributed by atoms with Gasteiger partial charge in [-0.25, -0.2) is 0 Å². The van der Waals surface area contributed by atoms with Crippen LogP contribution < -0.4 is 15.2 Å². The second-order valence-corrected chi connectivity index (χ2v) is 5.97. The van der Waals surface area contributed by atoms with E-state index in [4.69, 9.17) is 15.2 Å². The molecule has 1 aliphatic rings. The molecule has 2 rings (SSSR count). The van der Waals surface area contributed by atoms with Gasteiger partial charge in [-0.2, -0.15) is 0 Å². The van der Waals surface area contributed by atoms with Crippen LogP contribution in [0, 0.1) is 5.41 Å². The molecule has 0 aliphatic heterocycles. The van der Waals surface area contributed by atoms with Crippen LogP contribution in [0.4, 0.5) is 0 Å². The third-order valence-electron chi connectivity index (χ3n) is 4.02. The van der Waals surface area contributed by atoms with E-state index in [1.54, 1.807) is 0 Å². The summed E-state index contributed by atoms with van der Waals surface area (Å²) < 4.78 is 11.6. The third-order valence-corrected chi connectivity index (χ3v) is 4.02. The summed E-state index contributed by atoms with van der Waals surface area (Å²) in [6, 6.07) is 7.90. The Morgan fingerprint density at radius 3 is 2.79 bits per heavy atom. The van der Waals surface area contributed by atoms with Crippen LogP contribution in [0.3, 0.4) is 0 Å². The van der Waals surface area contributed by atoms with Crippen molar-refractivity contribution in [3.63, 3.8) is 0 Å². The first-order valence-corrected chi connectivity index (χ1v) is 7.18. The molecule has 19 heavy (non-hydrogen) atoms. The lowest BCUT2D eigenvalue weighted by Crippen LogP contribution is -2.51. The molecular formula is C16H25NO2. The number of rotatable bonds is 4. The number of benzene rings is 1. The Kier molecular flexibility index (Phi) is 4.35. The maximum atomic E-state index is 6.35. The van der Waals surface area contributed by atoms with Crippen molar-refractivity contribution in [2.24, 2.45) is 11.1 Å². The number of nitrogens with two attached hydrogens (primary N) is 1. The molecule has 0 amide bonds. The molecule has 1 aromatic carbocycles. The summed E-state index contributed by atoms with van der Waals surface area (Å²) in [6.07, 6.45) is 3.48. The van der Waals surface area contributed by atoms with Crippen LogP contribution in [0.5, 0.6) is 11.5 Å². The molecule has 0 bridgehead atoms. The number of hydrogen-bond acceptors (Lipinski definition) is 3. The zero-order valence-electron chi connectivity index (χ0n) is 12.2. The first kappa shape index (κ1) is 14.2. The van der Waals surface area contributed by atoms with Crippen LogP contribution in [-0.2, 0) is 0 Å². The molecule has 3 heteroatoms. The Bertz CT molecular complexity index is 417. The van der Waals surface area contributed by atoms with Gasteiger partial charge in [0.1, 0.15) is 17.6 Å². The maximum absolute atomic E-state index is 6.35. The normalized spacial score (nSPS) is 25.9. The van der Waals surface area contributed by atoms with Gasteiger partial charge in [0, 0.05) is 12.1 Å². The molecule has 0 radical (unpaired) electrons. The minimum atomic E-state index is 0.0806. The van der Waals surface area contributed by atoms with Crippen LogP contribution in [0.1, 0.15) is 40.0 Å². The Morgan fingerprint density at radius 1 is 1.32 bits per heavy atom. The molecule has 3 nitrogen and oxygen atoms in total. The first-order chi connectivity index (χ1) is 9.03. The summed E-state index contributed by atoms with van der Waals surface area (Å²) in [6.45, 7) is 7.10. The second kappa shape index (κ2) is 5.83. The van der Waals surface area contributed by atoms with Crippen LogP contribution >= 0.6 is 0 Å². The van der Waals surface area contributed by atoms with Crippen LogP contribution in [0.15, 0.2) is 24.3 Å². The molecule has 1 aliphatic carbocycles. The molecule has 2 N–H and O–H groups in total. The van der Waals surface area contributed by atoms with Gasteiger partial charge in [-0.1, -0.05) is 19.9 Å². The minimum absolute atomic E-state index is 0.0806. The standard InChI is InChI=1S/C16H25NO2/c1-4-18-12-7-5-8-13(11-12)19-14-9-6-10-16(2,3)15(14)17/h5,7-8,11,14-15H,4,6,9-10,17H2,1-3H3. The molecule has 2 unspecified atom stereocenters. The monoisotopic (exact) mass is 263 g/mol. The maximum Gasteiger partial charge on any atom is 0.123 e. The predicted molar refractivity (Wildman–Crippen MR) is 77.6 cm³/mol. The van der Waals surface area contributed by atoms with Crippen molar-refractivity contribution in [3.05, 3.63) is 24.3 Å². The van der Waals surface area contributed by atoms with E-state index < -0.39 is 0 Å². The summed E-state index contributed by atoms with van der Waals surface area (Å²) >= 11 is 0. The van der Waals surface area contributed by atoms with E-state index in [-0.39, 0.29) is 17.6 Å². The van der Waals surface area contributed by atoms with Crippen molar-refractivity contribution in [2.45, 2.75) is 52.2 Å². The summed E-state index contributed by atoms with van der Waals surface area (Å²) in [7, 11) is 0. The van der Waals surface area contributed by atoms with E-state index >= 15 is 0 Å². The highest BCUT2D eigenvalue weighted by Gasteiger charge is 2.37. The molecule has 0 aromatic heterocycles. The van der Waals surface area contributed by atoms with Crippen LogP contribution in [0.2, 0.25) is 0 Å². The van der Waals surface area contributed by atoms with Crippen molar-refractivity contribution in [3.8, 4) is 11.5 Å². The third kappa shape index (κ3) is 3.41. The summed E-state index contributed by atoms with van der Waals surface area (Å²) in [5.41, 5.74) is 6.50. The quantitative estimate of drug-likeness (QED) is 0.905. The average Bonchev–Trinajstić information content (AvgIpc) is 2.36. The molecule has 2 atom stereocenters. The van der Waals surface area contributed by atoms with Gasteiger partial charge in [0.25, 0.3) is 0 Å². The molecule has 1 aromatic rings. The van der Waals surface area contributed by atoms with Gasteiger partial charge in [0.2, 0.25) is 0 Å². The molecular weight excluding hydrogens is 238 g/mol. The Labute approximate surface area is 116 Å². The summed E-state index contributed by atoms with van der Waals surface area (Å²) in [5, 5.41) is 0. The van der Waals surface area contributed by atoms with Crippen molar-refractivity contribution >= 4 is 0 Å². The Balaban J connectivity index is 2.06. The highest BCUT2D eigenvalue weighted by Crippen LogP contribution is 2.36. The van der Waals surface area contributed by atoms with Gasteiger partial charge >= 0.3 is 0 Å². The van der Waals surface area contributed by atoms with Crippen molar-refractivity contribution in [2.75, 3.05) is 6.61 Å². The van der Waals surface area contributed by atoms with E-state index in [2.05, 4.69) is 13.8 Å². The second-order valence-electron chi connectivity index (χ2n) is 5.97.